The average molecular weight is 607 g/mol. The van der Waals surface area contributed by atoms with E-state index in [0.717, 1.165) is 6.20 Å². The van der Waals surface area contributed by atoms with E-state index in [2.05, 4.69) is 13.1 Å². The van der Waals surface area contributed by atoms with Gasteiger partial charge in [-0.3, -0.25) is 23.7 Å². The molecule has 1 saturated heterocycles. The van der Waals surface area contributed by atoms with Gasteiger partial charge in [-0.15, -0.1) is 0 Å². The number of aliphatic hydroxyl groups excluding tert-OH is 1. The Morgan fingerprint density at radius 3 is 2.35 bits per heavy atom. The molecule has 1 aliphatic rings. The van der Waals surface area contributed by atoms with Crippen LogP contribution in [0.4, 0.5) is 13.2 Å². The SMILES string of the molecule is Cc1cn([C@@]2(CNC(=O)C(F)(F)F)C[C@H](O)[C@@H](COP(=O)(O)OP(=O)(O)OP(=O)(O)O)O2)c(=O)[nH]c1=O. The largest absolute Gasteiger partial charge is 0.490 e. The number of carbonyl (C=O) groups is 1. The summed E-state index contributed by atoms with van der Waals surface area (Å²) in [4.78, 5) is 72.9. The van der Waals surface area contributed by atoms with E-state index in [1.165, 1.54) is 12.2 Å². The van der Waals surface area contributed by atoms with Crippen LogP contribution in [0.2, 0.25) is 0 Å². The van der Waals surface area contributed by atoms with Gasteiger partial charge in [0.25, 0.3) is 5.56 Å². The van der Waals surface area contributed by atoms with Crippen molar-refractivity contribution < 1.29 is 74.2 Å². The third-order valence-corrected chi connectivity index (χ3v) is 8.29. The topological polar surface area (TPSA) is 273 Å². The predicted octanol–water partition coefficient (Wildman–Crippen LogP) is -1.33. The van der Waals surface area contributed by atoms with Gasteiger partial charge in [0.15, 0.2) is 5.72 Å². The van der Waals surface area contributed by atoms with Crippen molar-refractivity contribution in [2.75, 3.05) is 13.2 Å². The number of nitrogens with zero attached hydrogens (tertiary/aromatic N) is 1. The number of aromatic nitrogens is 2. The van der Waals surface area contributed by atoms with Gasteiger partial charge in [0.1, 0.15) is 6.10 Å². The average Bonchev–Trinajstić information content (AvgIpc) is 3.00. The van der Waals surface area contributed by atoms with Gasteiger partial charge < -0.3 is 34.7 Å². The van der Waals surface area contributed by atoms with Crippen LogP contribution in [0.15, 0.2) is 15.8 Å². The number of phosphoric acid groups is 3. The van der Waals surface area contributed by atoms with E-state index in [1.54, 1.807) is 0 Å². The quantitative estimate of drug-likeness (QED) is 0.152. The zero-order chi connectivity index (χ0) is 28.6. The molecule has 5 atom stereocenters. The number of amides is 1. The maximum absolute atomic E-state index is 12.7. The molecule has 0 bridgehead atoms. The van der Waals surface area contributed by atoms with Crippen molar-refractivity contribution in [1.29, 1.82) is 0 Å². The molecule has 212 valence electrons. The number of nitrogens with one attached hydrogen (secondary N) is 2. The number of aryl methyl sites for hydroxylation is 1. The highest BCUT2D eigenvalue weighted by Crippen LogP contribution is 2.66. The highest BCUT2D eigenvalue weighted by molar-refractivity contribution is 7.66. The summed E-state index contributed by atoms with van der Waals surface area (Å²) < 4.78 is 89.3. The Labute approximate surface area is 202 Å². The zero-order valence-electron chi connectivity index (χ0n) is 18.1. The van der Waals surface area contributed by atoms with Crippen molar-refractivity contribution in [3.05, 3.63) is 32.6 Å². The molecule has 1 aromatic heterocycles. The second-order valence-corrected chi connectivity index (χ2v) is 11.8. The summed E-state index contributed by atoms with van der Waals surface area (Å²) in [5.41, 5.74) is -4.58. The molecule has 24 heteroatoms. The number of aliphatic hydroxyl groups is 1. The first-order chi connectivity index (χ1) is 16.6. The van der Waals surface area contributed by atoms with Crippen molar-refractivity contribution in [3.63, 3.8) is 0 Å². The molecule has 2 unspecified atom stereocenters. The third kappa shape index (κ3) is 8.64. The molecule has 2 rings (SSSR count). The Morgan fingerprint density at radius 2 is 1.81 bits per heavy atom. The Balaban J connectivity index is 2.30. The van der Waals surface area contributed by atoms with Crippen LogP contribution in [0.5, 0.6) is 0 Å². The number of hydrogen-bond acceptors (Lipinski definition) is 11. The van der Waals surface area contributed by atoms with Crippen LogP contribution in [-0.2, 0) is 42.1 Å². The molecule has 0 aromatic carbocycles. The molecular weight excluding hydrogens is 588 g/mol. The van der Waals surface area contributed by atoms with Crippen LogP contribution in [0, 0.1) is 6.92 Å². The number of rotatable bonds is 10. The number of carbonyl (C=O) groups excluding carboxylic acids is 1. The molecule has 2 heterocycles. The number of alkyl halides is 3. The number of H-pyrrole nitrogens is 1. The van der Waals surface area contributed by atoms with Crippen LogP contribution < -0.4 is 16.6 Å². The summed E-state index contributed by atoms with van der Waals surface area (Å²) in [7, 11) is -17.2. The van der Waals surface area contributed by atoms with Gasteiger partial charge in [0.2, 0.25) is 0 Å². The fraction of sp³-hybridized carbons (Fsp3) is 0.615. The molecule has 7 N–H and O–H groups in total. The number of aromatic amines is 1. The maximum atomic E-state index is 12.7. The lowest BCUT2D eigenvalue weighted by Crippen LogP contribution is -2.53. The van der Waals surface area contributed by atoms with Crippen molar-refractivity contribution in [1.82, 2.24) is 14.9 Å². The van der Waals surface area contributed by atoms with E-state index in [0.29, 0.717) is 4.57 Å². The van der Waals surface area contributed by atoms with Crippen LogP contribution in [-0.4, -0.2) is 71.7 Å². The third-order valence-electron chi connectivity index (χ3n) is 4.49. The summed E-state index contributed by atoms with van der Waals surface area (Å²) in [6, 6.07) is 0. The van der Waals surface area contributed by atoms with Gasteiger partial charge in [-0.2, -0.15) is 21.8 Å². The van der Waals surface area contributed by atoms with Gasteiger partial charge in [-0.25, -0.2) is 18.5 Å². The van der Waals surface area contributed by atoms with E-state index < -0.39 is 84.3 Å². The predicted molar refractivity (Wildman–Crippen MR) is 108 cm³/mol. The van der Waals surface area contributed by atoms with Gasteiger partial charge in [0.05, 0.1) is 19.3 Å². The Kier molecular flexibility index (Phi) is 9.19. The molecule has 1 amide bonds. The molecule has 0 aliphatic carbocycles. The van der Waals surface area contributed by atoms with Gasteiger partial charge in [-0.05, 0) is 6.92 Å². The normalized spacial score (nSPS) is 25.9. The van der Waals surface area contributed by atoms with Gasteiger partial charge >= 0.3 is 41.2 Å². The number of phosphoric ester groups is 1. The first kappa shape index (κ1) is 31.5. The lowest BCUT2D eigenvalue weighted by molar-refractivity contribution is -0.177. The fourth-order valence-electron chi connectivity index (χ4n) is 3.02. The smallest absolute Gasteiger partial charge is 0.390 e. The molecule has 18 nitrogen and oxygen atoms in total. The number of halogens is 3. The van der Waals surface area contributed by atoms with Gasteiger partial charge in [-0.1, -0.05) is 0 Å². The highest BCUT2D eigenvalue weighted by atomic mass is 31.3. The molecule has 0 radical (unpaired) electrons. The molecule has 1 fully saturated rings. The Bertz CT molecular complexity index is 1290. The van der Waals surface area contributed by atoms with Crippen LogP contribution in [0.3, 0.4) is 0 Å². The number of ether oxygens (including phenoxy) is 1. The van der Waals surface area contributed by atoms with Crippen molar-refractivity contribution in [2.24, 2.45) is 0 Å². The minimum Gasteiger partial charge on any atom is -0.390 e. The summed E-state index contributed by atoms with van der Waals surface area (Å²) >= 11 is 0. The lowest BCUT2D eigenvalue weighted by atomic mass is 10.1. The van der Waals surface area contributed by atoms with Crippen LogP contribution in [0.1, 0.15) is 12.0 Å². The molecular formula is C13H19F3N3O15P3. The first-order valence-corrected chi connectivity index (χ1v) is 13.9. The van der Waals surface area contributed by atoms with Crippen molar-refractivity contribution >= 4 is 29.4 Å². The summed E-state index contributed by atoms with van der Waals surface area (Å²) in [5, 5.41) is 11.8. The molecule has 1 aromatic rings. The number of hydrogen-bond donors (Lipinski definition) is 7. The van der Waals surface area contributed by atoms with E-state index in [9.17, 15) is 51.2 Å². The summed E-state index contributed by atoms with van der Waals surface area (Å²) in [6.45, 7) is -1.15. The monoisotopic (exact) mass is 607 g/mol. The Morgan fingerprint density at radius 1 is 1.22 bits per heavy atom. The molecule has 0 spiro atoms. The molecule has 37 heavy (non-hydrogen) atoms. The first-order valence-electron chi connectivity index (χ1n) is 9.38. The molecule has 0 saturated carbocycles. The van der Waals surface area contributed by atoms with E-state index in [-0.39, 0.29) is 5.56 Å². The van der Waals surface area contributed by atoms with Gasteiger partial charge in [0, 0.05) is 18.2 Å². The summed E-state index contributed by atoms with van der Waals surface area (Å²) in [6.07, 6.45) is -8.86. The summed E-state index contributed by atoms with van der Waals surface area (Å²) in [5.74, 6) is -2.46. The van der Waals surface area contributed by atoms with Crippen LogP contribution in [0.25, 0.3) is 0 Å². The zero-order valence-corrected chi connectivity index (χ0v) is 20.8. The van der Waals surface area contributed by atoms with E-state index in [1.807, 2.05) is 4.98 Å². The van der Waals surface area contributed by atoms with Crippen molar-refractivity contribution in [3.8, 4) is 0 Å². The second-order valence-electron chi connectivity index (χ2n) is 7.38. The minimum absolute atomic E-state index is 0.143. The minimum atomic E-state index is -5.88. The van der Waals surface area contributed by atoms with E-state index in [4.69, 9.17) is 19.4 Å². The Hall–Kier alpha value is -1.73. The fourth-order valence-corrected chi connectivity index (χ4v) is 6.05. The molecule has 1 aliphatic heterocycles. The lowest BCUT2D eigenvalue weighted by Gasteiger charge is -2.31. The van der Waals surface area contributed by atoms with Crippen LogP contribution >= 0.6 is 23.5 Å². The highest BCUT2D eigenvalue weighted by Gasteiger charge is 2.51. The second kappa shape index (κ2) is 10.8. The maximum Gasteiger partial charge on any atom is 0.490 e. The standard InChI is InChI=1S/C13H19F3N3O15P3/c1-6-3-19(11(23)18-9(6)21)12(5-17-10(22)13(14,15)16)2-7(20)8(32-12)4-31-36(27,28)34-37(29,30)33-35(24,25)26/h3,7-8,20H,2,4-5H2,1H3,(H,17,22)(H,27,28)(H,29,30)(H,18,21,23)(H2,24,25,26)/t7-,8+,12-/m0/s1. The van der Waals surface area contributed by atoms with Crippen molar-refractivity contribution in [2.45, 2.75) is 37.5 Å². The van der Waals surface area contributed by atoms with E-state index >= 15 is 0 Å².